The van der Waals surface area contributed by atoms with Crippen molar-refractivity contribution in [3.05, 3.63) is 42.5 Å². The summed E-state index contributed by atoms with van der Waals surface area (Å²) in [5, 5.41) is 13.8. The van der Waals surface area contributed by atoms with Crippen LogP contribution in [-0.4, -0.2) is 62.4 Å². The topological polar surface area (TPSA) is 115 Å². The lowest BCUT2D eigenvalue weighted by atomic mass is 10.2. The minimum absolute atomic E-state index is 0.154. The van der Waals surface area contributed by atoms with Crippen LogP contribution in [0.3, 0.4) is 0 Å². The van der Waals surface area contributed by atoms with Gasteiger partial charge in [0, 0.05) is 16.9 Å². The van der Waals surface area contributed by atoms with Crippen LogP contribution in [0.5, 0.6) is 11.5 Å². The Balaban J connectivity index is 1.72. The number of benzene rings is 2. The average molecular weight is 505 g/mol. The third-order valence-corrected chi connectivity index (χ3v) is 8.21. The summed E-state index contributed by atoms with van der Waals surface area (Å²) < 4.78 is 46.2. The van der Waals surface area contributed by atoms with Gasteiger partial charge in [-0.3, -0.25) is 0 Å². The molecule has 3 atom stereocenters. The molecule has 3 unspecified atom stereocenters. The fourth-order valence-corrected chi connectivity index (χ4v) is 4.24. The SMILES string of the molecule is C=S(=O)(Nc1cc(OC)c2c(Nc3ccc(F)cc3OC3COCC3O)ncnc2c1)C(C)(C)C. The molecule has 1 aliphatic heterocycles. The van der Waals surface area contributed by atoms with Gasteiger partial charge in [0.05, 0.1) is 52.3 Å². The van der Waals surface area contributed by atoms with Crippen LogP contribution in [0.4, 0.5) is 21.6 Å². The Labute approximate surface area is 203 Å². The Kier molecular flexibility index (Phi) is 6.76. The zero-order chi connectivity index (χ0) is 25.4. The summed E-state index contributed by atoms with van der Waals surface area (Å²) in [6.07, 6.45) is -0.0611. The quantitative estimate of drug-likeness (QED) is 0.419. The van der Waals surface area contributed by atoms with Crippen molar-refractivity contribution in [2.24, 2.45) is 0 Å². The van der Waals surface area contributed by atoms with Crippen LogP contribution in [0.2, 0.25) is 0 Å². The van der Waals surface area contributed by atoms with Gasteiger partial charge in [-0.05, 0) is 44.8 Å². The van der Waals surface area contributed by atoms with Gasteiger partial charge in [-0.2, -0.15) is 0 Å². The number of halogens is 1. The molecule has 1 aliphatic rings. The molecular weight excluding hydrogens is 475 g/mol. The lowest BCUT2D eigenvalue weighted by molar-refractivity contribution is 0.0736. The largest absolute Gasteiger partial charge is 0.496 e. The number of nitrogens with zero attached hydrogens (tertiary/aromatic N) is 2. The molecule has 11 heteroatoms. The maximum absolute atomic E-state index is 14.0. The Morgan fingerprint density at radius 3 is 2.63 bits per heavy atom. The highest BCUT2D eigenvalue weighted by Gasteiger charge is 2.29. The second-order valence-electron chi connectivity index (χ2n) is 9.21. The van der Waals surface area contributed by atoms with Crippen molar-refractivity contribution in [1.82, 2.24) is 9.97 Å². The fourth-order valence-electron chi connectivity index (χ4n) is 3.44. The molecule has 1 fully saturated rings. The van der Waals surface area contributed by atoms with Gasteiger partial charge in [0.1, 0.15) is 35.6 Å². The Morgan fingerprint density at radius 1 is 1.20 bits per heavy atom. The number of fused-ring (bicyclic) bond motifs is 1. The van der Waals surface area contributed by atoms with Crippen LogP contribution in [-0.2, 0) is 14.4 Å². The highest BCUT2D eigenvalue weighted by Crippen LogP contribution is 2.37. The van der Waals surface area contributed by atoms with E-state index in [1.165, 1.54) is 31.6 Å². The summed E-state index contributed by atoms with van der Waals surface area (Å²) in [4.78, 5) is 8.70. The van der Waals surface area contributed by atoms with E-state index >= 15 is 0 Å². The zero-order valence-corrected chi connectivity index (χ0v) is 20.8. The number of hydrogen-bond donors (Lipinski definition) is 3. The molecule has 0 saturated carbocycles. The minimum atomic E-state index is -2.68. The molecule has 2 aromatic carbocycles. The average Bonchev–Trinajstić information content (AvgIpc) is 3.18. The normalized spacial score (nSPS) is 19.8. The number of hydrogen-bond acceptors (Lipinski definition) is 8. The number of aliphatic hydroxyl groups excluding tert-OH is 1. The van der Waals surface area contributed by atoms with Crippen LogP contribution < -0.4 is 19.5 Å². The minimum Gasteiger partial charge on any atom is -0.496 e. The molecule has 4 rings (SSSR count). The van der Waals surface area contributed by atoms with E-state index in [-0.39, 0.29) is 19.0 Å². The third kappa shape index (κ3) is 5.26. The van der Waals surface area contributed by atoms with Crippen molar-refractivity contribution in [2.75, 3.05) is 30.4 Å². The Bertz CT molecular complexity index is 1340. The van der Waals surface area contributed by atoms with Gasteiger partial charge < -0.3 is 29.4 Å². The van der Waals surface area contributed by atoms with Gasteiger partial charge in [0.15, 0.2) is 6.10 Å². The van der Waals surface area contributed by atoms with E-state index < -0.39 is 32.5 Å². The lowest BCUT2D eigenvalue weighted by Crippen LogP contribution is -2.33. The number of nitrogens with one attached hydrogen (secondary N) is 2. The first-order valence-electron chi connectivity index (χ1n) is 10.9. The van der Waals surface area contributed by atoms with Gasteiger partial charge in [-0.1, -0.05) is 0 Å². The predicted molar refractivity (Wildman–Crippen MR) is 136 cm³/mol. The molecule has 0 radical (unpaired) electrons. The number of anilines is 3. The first-order valence-corrected chi connectivity index (χ1v) is 12.7. The summed E-state index contributed by atoms with van der Waals surface area (Å²) in [5.74, 6) is 4.40. The fraction of sp³-hybridized carbons (Fsp3) is 0.375. The number of rotatable bonds is 7. The Hall–Kier alpha value is -3.15. The van der Waals surface area contributed by atoms with E-state index in [9.17, 15) is 13.7 Å². The van der Waals surface area contributed by atoms with Gasteiger partial charge in [0.25, 0.3) is 0 Å². The third-order valence-electron chi connectivity index (χ3n) is 5.67. The highest BCUT2D eigenvalue weighted by atomic mass is 32.2. The molecule has 0 amide bonds. The standard InChI is InChI=1S/C24H29FN4O5S/c1-24(2,3)35(5,31)29-15-9-17-22(20(10-15)32-4)23(27-13-26-17)28-16-7-6-14(25)8-19(16)34-21-12-33-11-18(21)30/h6-10,13,18,21,30H,5,11-12H2,1-4H3,(H,29,31)(H,26,27,28). The summed E-state index contributed by atoms with van der Waals surface area (Å²) in [5.41, 5.74) is 1.50. The van der Waals surface area contributed by atoms with Crippen LogP contribution in [0.1, 0.15) is 20.8 Å². The van der Waals surface area contributed by atoms with E-state index in [0.29, 0.717) is 33.8 Å². The molecule has 3 aromatic rings. The van der Waals surface area contributed by atoms with Crippen molar-refractivity contribution >= 4 is 43.7 Å². The van der Waals surface area contributed by atoms with Gasteiger partial charge >= 0.3 is 0 Å². The highest BCUT2D eigenvalue weighted by molar-refractivity contribution is 8.02. The second-order valence-corrected chi connectivity index (χ2v) is 12.0. The molecule has 0 bridgehead atoms. The maximum Gasteiger partial charge on any atom is 0.150 e. The number of aromatic nitrogens is 2. The number of ether oxygens (including phenoxy) is 3. The van der Waals surface area contributed by atoms with Crippen molar-refractivity contribution in [3.63, 3.8) is 0 Å². The molecule has 1 aromatic heterocycles. The summed E-state index contributed by atoms with van der Waals surface area (Å²) >= 11 is 0. The van der Waals surface area contributed by atoms with E-state index in [2.05, 4.69) is 25.9 Å². The van der Waals surface area contributed by atoms with Gasteiger partial charge in [-0.25, -0.2) is 18.6 Å². The van der Waals surface area contributed by atoms with E-state index in [1.54, 1.807) is 12.1 Å². The first-order chi connectivity index (χ1) is 16.5. The first kappa shape index (κ1) is 25.0. The van der Waals surface area contributed by atoms with Crippen LogP contribution >= 0.6 is 0 Å². The van der Waals surface area contributed by atoms with Crippen LogP contribution in [0, 0.1) is 5.82 Å². The number of methoxy groups -OCH3 is 1. The molecule has 3 N–H and O–H groups in total. The maximum atomic E-state index is 14.0. The molecule has 35 heavy (non-hydrogen) atoms. The van der Waals surface area contributed by atoms with Crippen LogP contribution in [0.25, 0.3) is 10.9 Å². The van der Waals surface area contributed by atoms with Gasteiger partial charge in [-0.15, -0.1) is 0 Å². The van der Waals surface area contributed by atoms with E-state index in [1.807, 2.05) is 20.8 Å². The van der Waals surface area contributed by atoms with E-state index in [0.717, 1.165) is 0 Å². The smallest absolute Gasteiger partial charge is 0.150 e. The molecule has 1 saturated heterocycles. The summed E-state index contributed by atoms with van der Waals surface area (Å²) in [6.45, 7) is 5.88. The molecule has 9 nitrogen and oxygen atoms in total. The number of aliphatic hydroxyl groups is 1. The molecule has 2 heterocycles. The molecular formula is C24H29FN4O5S. The Morgan fingerprint density at radius 2 is 1.97 bits per heavy atom. The van der Waals surface area contributed by atoms with Gasteiger partial charge in [0.2, 0.25) is 0 Å². The lowest BCUT2D eigenvalue weighted by Gasteiger charge is -2.26. The summed E-state index contributed by atoms with van der Waals surface area (Å²) in [6, 6.07) is 7.46. The monoisotopic (exact) mass is 504 g/mol. The molecule has 0 aliphatic carbocycles. The van der Waals surface area contributed by atoms with E-state index in [4.69, 9.17) is 14.2 Å². The predicted octanol–water partition coefficient (Wildman–Crippen LogP) is 3.50. The summed E-state index contributed by atoms with van der Waals surface area (Å²) in [7, 11) is -1.17. The zero-order valence-electron chi connectivity index (χ0n) is 20.0. The van der Waals surface area contributed by atoms with Crippen molar-refractivity contribution in [3.8, 4) is 11.5 Å². The molecule has 188 valence electrons. The van der Waals surface area contributed by atoms with Crippen molar-refractivity contribution in [1.29, 1.82) is 0 Å². The van der Waals surface area contributed by atoms with Crippen molar-refractivity contribution < 1.29 is 27.9 Å². The molecule has 0 spiro atoms. The van der Waals surface area contributed by atoms with Crippen molar-refractivity contribution in [2.45, 2.75) is 37.7 Å². The second kappa shape index (κ2) is 9.48. The van der Waals surface area contributed by atoms with Crippen LogP contribution in [0.15, 0.2) is 36.7 Å².